The number of hydrogen-bond acceptors (Lipinski definition) is 2. The van der Waals surface area contributed by atoms with Crippen LogP contribution in [0, 0.1) is 5.92 Å². The molecule has 3 atom stereocenters. The van der Waals surface area contributed by atoms with Gasteiger partial charge in [-0.2, -0.15) is 0 Å². The molecule has 2 bridgehead atoms. The second kappa shape index (κ2) is 5.17. The first-order chi connectivity index (χ1) is 9.91. The van der Waals surface area contributed by atoms with Gasteiger partial charge in [-0.05, 0) is 67.8 Å². The van der Waals surface area contributed by atoms with Crippen LogP contribution in [-0.4, -0.2) is 29.1 Å². The van der Waals surface area contributed by atoms with Gasteiger partial charge in [0.25, 0.3) is 0 Å². The van der Waals surface area contributed by atoms with E-state index >= 15 is 0 Å². The molecule has 0 radical (unpaired) electrons. The summed E-state index contributed by atoms with van der Waals surface area (Å²) < 4.78 is 0. The zero-order chi connectivity index (χ0) is 15.2. The molecule has 1 fully saturated rings. The predicted octanol–water partition coefficient (Wildman–Crippen LogP) is 3.88. The quantitative estimate of drug-likeness (QED) is 0.834. The van der Waals surface area contributed by atoms with Crippen LogP contribution in [0.4, 0.5) is 0 Å². The van der Waals surface area contributed by atoms with Crippen LogP contribution in [0.3, 0.4) is 0 Å². The third-order valence-electron chi connectivity index (χ3n) is 5.84. The molecule has 1 aliphatic carbocycles. The number of phenolic OH excluding ortho intramolecular Hbond substituents is 1. The lowest BCUT2D eigenvalue weighted by Crippen LogP contribution is -2.57. The Labute approximate surface area is 128 Å². The maximum atomic E-state index is 9.87. The molecule has 3 rings (SSSR count). The second-order valence-corrected chi connectivity index (χ2v) is 7.35. The Kier molecular flexibility index (Phi) is 3.61. The Hall–Kier alpha value is -1.28. The summed E-state index contributed by atoms with van der Waals surface area (Å²) in [5.41, 5.74) is 4.42. The molecule has 0 spiro atoms. The molecule has 1 aromatic carbocycles. The minimum absolute atomic E-state index is 0.207. The molecular weight excluding hydrogens is 258 g/mol. The largest absolute Gasteiger partial charge is 0.508 e. The fraction of sp³-hybridized carbons (Fsp3) is 0.579. The number of nitrogens with zero attached hydrogens (tertiary/aromatic N) is 1. The first-order valence-corrected chi connectivity index (χ1v) is 8.11. The highest BCUT2D eigenvalue weighted by atomic mass is 16.3. The Morgan fingerprint density at radius 1 is 1.43 bits per heavy atom. The van der Waals surface area contributed by atoms with Gasteiger partial charge in [0.2, 0.25) is 0 Å². The van der Waals surface area contributed by atoms with Crippen LogP contribution in [0.25, 0.3) is 0 Å². The van der Waals surface area contributed by atoms with Gasteiger partial charge in [0.15, 0.2) is 0 Å². The molecule has 1 aliphatic heterocycles. The fourth-order valence-electron chi connectivity index (χ4n) is 4.22. The van der Waals surface area contributed by atoms with Gasteiger partial charge in [-0.1, -0.05) is 31.6 Å². The fourth-order valence-corrected chi connectivity index (χ4v) is 4.22. The van der Waals surface area contributed by atoms with Crippen LogP contribution < -0.4 is 0 Å². The summed E-state index contributed by atoms with van der Waals surface area (Å²) in [6.45, 7) is 11.4. The van der Waals surface area contributed by atoms with Crippen LogP contribution >= 0.6 is 0 Å². The van der Waals surface area contributed by atoms with E-state index in [0.717, 1.165) is 19.5 Å². The Morgan fingerprint density at radius 3 is 2.90 bits per heavy atom. The number of piperidine rings is 1. The Morgan fingerprint density at radius 2 is 2.19 bits per heavy atom. The third-order valence-corrected chi connectivity index (χ3v) is 5.84. The molecule has 2 heteroatoms. The van der Waals surface area contributed by atoms with Gasteiger partial charge < -0.3 is 5.11 Å². The van der Waals surface area contributed by atoms with Crippen LogP contribution in [0.15, 0.2) is 29.8 Å². The van der Waals surface area contributed by atoms with Crippen LogP contribution in [0.1, 0.15) is 45.2 Å². The van der Waals surface area contributed by atoms with E-state index in [1.54, 1.807) is 0 Å². The lowest BCUT2D eigenvalue weighted by atomic mass is 9.59. The lowest BCUT2D eigenvalue weighted by molar-refractivity contribution is 0.0397. The monoisotopic (exact) mass is 285 g/mol. The molecule has 21 heavy (non-hydrogen) atoms. The molecule has 1 aromatic rings. The minimum atomic E-state index is 0.207. The first kappa shape index (κ1) is 14.6. The summed E-state index contributed by atoms with van der Waals surface area (Å²) in [5.74, 6) is 1.04. The maximum absolute atomic E-state index is 9.87. The third kappa shape index (κ3) is 2.40. The molecule has 2 aliphatic rings. The van der Waals surface area contributed by atoms with Crippen LogP contribution in [-0.2, 0) is 11.8 Å². The summed E-state index contributed by atoms with van der Waals surface area (Å²) in [6.07, 6.45) is 4.64. The van der Waals surface area contributed by atoms with Gasteiger partial charge >= 0.3 is 0 Å². The van der Waals surface area contributed by atoms with Gasteiger partial charge in [0.1, 0.15) is 5.75 Å². The van der Waals surface area contributed by atoms with Crippen molar-refractivity contribution in [2.75, 3.05) is 13.1 Å². The Balaban J connectivity index is 1.96. The highest BCUT2D eigenvalue weighted by molar-refractivity contribution is 5.44. The number of phenols is 1. The first-order valence-electron chi connectivity index (χ1n) is 8.11. The van der Waals surface area contributed by atoms with Crippen LogP contribution in [0.2, 0.25) is 0 Å². The van der Waals surface area contributed by atoms with Crippen molar-refractivity contribution in [3.8, 4) is 5.75 Å². The van der Waals surface area contributed by atoms with E-state index in [1.807, 2.05) is 12.1 Å². The van der Waals surface area contributed by atoms with E-state index in [2.05, 4.69) is 44.7 Å². The van der Waals surface area contributed by atoms with Crippen LogP contribution in [0.5, 0.6) is 5.75 Å². The number of allylic oxidation sites excluding steroid dienone is 1. The van der Waals surface area contributed by atoms with Gasteiger partial charge in [-0.15, -0.1) is 0 Å². The van der Waals surface area contributed by atoms with E-state index in [0.29, 0.717) is 17.7 Å². The highest BCUT2D eigenvalue weighted by Crippen LogP contribution is 2.49. The lowest BCUT2D eigenvalue weighted by Gasteiger charge is -2.54. The molecular formula is C19H27NO. The topological polar surface area (TPSA) is 23.5 Å². The number of fused-ring (bicyclic) bond motifs is 4. The Bertz CT molecular complexity index is 573. The van der Waals surface area contributed by atoms with Crippen molar-refractivity contribution in [3.05, 3.63) is 41.0 Å². The molecule has 1 heterocycles. The van der Waals surface area contributed by atoms with Crippen molar-refractivity contribution in [3.63, 3.8) is 0 Å². The maximum Gasteiger partial charge on any atom is 0.115 e. The smallest absolute Gasteiger partial charge is 0.115 e. The summed E-state index contributed by atoms with van der Waals surface area (Å²) in [5, 5.41) is 9.87. The minimum Gasteiger partial charge on any atom is -0.508 e. The zero-order valence-electron chi connectivity index (χ0n) is 13.7. The standard InChI is InChI=1S/C19H27NO/c1-13(2)7-9-20-10-8-19(4)14(3)18(20)11-15-5-6-16(21)12-17(15)19/h5-7,12,14,18,21H,8-11H2,1-4H3/t14-,18-,19+/m0/s1. The summed E-state index contributed by atoms with van der Waals surface area (Å²) in [6, 6.07) is 6.60. The van der Waals surface area contributed by atoms with Crippen molar-refractivity contribution in [1.82, 2.24) is 4.90 Å². The average molecular weight is 285 g/mol. The van der Waals surface area contributed by atoms with Crippen molar-refractivity contribution in [2.24, 2.45) is 5.92 Å². The summed E-state index contributed by atoms with van der Waals surface area (Å²) in [7, 11) is 0. The molecule has 1 N–H and O–H groups in total. The molecule has 114 valence electrons. The van der Waals surface area contributed by atoms with Gasteiger partial charge in [-0.3, -0.25) is 4.90 Å². The molecule has 0 unspecified atom stereocenters. The highest BCUT2D eigenvalue weighted by Gasteiger charge is 2.48. The van der Waals surface area contributed by atoms with Crippen molar-refractivity contribution < 1.29 is 5.11 Å². The normalized spacial score (nSPS) is 31.6. The van der Waals surface area contributed by atoms with Crippen molar-refractivity contribution in [1.29, 1.82) is 0 Å². The molecule has 1 saturated heterocycles. The molecule has 0 saturated carbocycles. The average Bonchev–Trinajstić information content (AvgIpc) is 2.43. The van der Waals surface area contributed by atoms with E-state index in [-0.39, 0.29) is 5.41 Å². The van der Waals surface area contributed by atoms with E-state index in [1.165, 1.54) is 23.1 Å². The number of benzene rings is 1. The predicted molar refractivity (Wildman–Crippen MR) is 87.7 cm³/mol. The van der Waals surface area contributed by atoms with E-state index in [4.69, 9.17) is 0 Å². The summed E-state index contributed by atoms with van der Waals surface area (Å²) >= 11 is 0. The van der Waals surface area contributed by atoms with E-state index < -0.39 is 0 Å². The SMILES string of the molecule is CC(C)=CCN1CC[C@@]2(C)c3cc(O)ccc3C[C@H]1[C@@H]2C. The molecule has 2 nitrogen and oxygen atoms in total. The number of rotatable bonds is 2. The summed E-state index contributed by atoms with van der Waals surface area (Å²) in [4.78, 5) is 2.65. The van der Waals surface area contributed by atoms with Crippen molar-refractivity contribution >= 4 is 0 Å². The number of likely N-dealkylation sites (tertiary alicyclic amines) is 1. The number of hydrogen-bond donors (Lipinski definition) is 1. The molecule has 0 amide bonds. The number of aromatic hydroxyl groups is 1. The molecule has 0 aromatic heterocycles. The second-order valence-electron chi connectivity index (χ2n) is 7.35. The van der Waals surface area contributed by atoms with Gasteiger partial charge in [-0.25, -0.2) is 0 Å². The van der Waals surface area contributed by atoms with Gasteiger partial charge in [0.05, 0.1) is 0 Å². The van der Waals surface area contributed by atoms with Gasteiger partial charge in [0, 0.05) is 12.6 Å². The zero-order valence-corrected chi connectivity index (χ0v) is 13.7. The van der Waals surface area contributed by atoms with E-state index in [9.17, 15) is 5.11 Å². The van der Waals surface area contributed by atoms with Crippen molar-refractivity contribution in [2.45, 2.75) is 52.0 Å².